The fraction of sp³-hybridized carbons (Fsp3) is 0.158. The van der Waals surface area contributed by atoms with Crippen LogP contribution < -0.4 is 3.87 Å². The second kappa shape index (κ2) is 10.00. The van der Waals surface area contributed by atoms with E-state index >= 15 is 0 Å². The summed E-state index contributed by atoms with van der Waals surface area (Å²) in [6.07, 6.45) is 6.17. The fourth-order valence-corrected chi connectivity index (χ4v) is 35.7. The van der Waals surface area contributed by atoms with E-state index in [1.54, 1.807) is 15.0 Å². The SMILES string of the molecule is C[SiH](C)[Ti]([CH2]c1ccccc1)([CH2]c1ccccc1)([c]1cccc2c1Cc1ccccc1-2)[CH]1C=Cc2ccccc21. The van der Waals surface area contributed by atoms with Crippen LogP contribution in [0.1, 0.15) is 37.6 Å². The zero-order chi connectivity index (χ0) is 27.2. The first-order chi connectivity index (χ1) is 19.6. The van der Waals surface area contributed by atoms with Crippen LogP contribution in [0, 0.1) is 0 Å². The van der Waals surface area contributed by atoms with Crippen molar-refractivity contribution < 1.29 is 14.6 Å². The topological polar surface area (TPSA) is 0 Å². The Morgan fingerprint density at radius 2 is 1.23 bits per heavy atom. The van der Waals surface area contributed by atoms with Crippen LogP contribution in [0.4, 0.5) is 0 Å². The molecular weight excluding hydrogens is 532 g/mol. The Morgan fingerprint density at radius 1 is 0.625 bits per heavy atom. The first-order valence-electron chi connectivity index (χ1n) is 14.8. The molecule has 0 amide bonds. The molecule has 0 fully saturated rings. The van der Waals surface area contributed by atoms with Crippen LogP contribution in [0.5, 0.6) is 0 Å². The molecule has 197 valence electrons. The van der Waals surface area contributed by atoms with Crippen molar-refractivity contribution in [3.05, 3.63) is 167 Å². The van der Waals surface area contributed by atoms with E-state index in [2.05, 4.69) is 153 Å². The number of benzene rings is 5. The van der Waals surface area contributed by atoms with Crippen molar-refractivity contribution in [2.75, 3.05) is 0 Å². The first kappa shape index (κ1) is 25.7. The molecule has 0 bridgehead atoms. The third-order valence-corrected chi connectivity index (χ3v) is 41.3. The molecule has 2 aliphatic rings. The van der Waals surface area contributed by atoms with Gasteiger partial charge in [-0.15, -0.1) is 0 Å². The Balaban J connectivity index is 1.61. The van der Waals surface area contributed by atoms with E-state index in [0.717, 1.165) is 6.42 Å². The normalized spacial score (nSPS) is 16.3. The predicted octanol–water partition coefficient (Wildman–Crippen LogP) is 8.72. The van der Waals surface area contributed by atoms with Gasteiger partial charge in [0.25, 0.3) is 0 Å². The van der Waals surface area contributed by atoms with Gasteiger partial charge in [0.15, 0.2) is 0 Å². The molecule has 1 unspecified atom stereocenters. The minimum absolute atomic E-state index is 0.482. The van der Waals surface area contributed by atoms with Crippen molar-refractivity contribution in [1.29, 1.82) is 0 Å². The Hall–Kier alpha value is -3.23. The molecular formula is C38H37SiTi. The van der Waals surface area contributed by atoms with E-state index in [9.17, 15) is 0 Å². The van der Waals surface area contributed by atoms with E-state index in [1.807, 2.05) is 0 Å². The van der Waals surface area contributed by atoms with Gasteiger partial charge in [-0.2, -0.15) is 0 Å². The molecule has 5 aromatic carbocycles. The molecule has 0 heterocycles. The van der Waals surface area contributed by atoms with E-state index in [0.29, 0.717) is 4.22 Å². The molecule has 7 rings (SSSR count). The molecule has 0 saturated heterocycles. The van der Waals surface area contributed by atoms with Crippen LogP contribution in [0.25, 0.3) is 17.2 Å². The Morgan fingerprint density at radius 3 is 1.93 bits per heavy atom. The Kier molecular flexibility index (Phi) is 6.43. The summed E-state index contributed by atoms with van der Waals surface area (Å²) in [5.41, 5.74) is 12.1. The van der Waals surface area contributed by atoms with Gasteiger partial charge in [0.2, 0.25) is 0 Å². The van der Waals surface area contributed by atoms with Crippen molar-refractivity contribution in [3.63, 3.8) is 0 Å². The summed E-state index contributed by atoms with van der Waals surface area (Å²) < 4.78 is 4.68. The quantitative estimate of drug-likeness (QED) is 0.169. The molecule has 1 atom stereocenters. The predicted molar refractivity (Wildman–Crippen MR) is 172 cm³/mol. The molecule has 0 spiro atoms. The van der Waals surface area contributed by atoms with Crippen LogP contribution in [0.2, 0.25) is 13.1 Å². The molecule has 0 aromatic heterocycles. The van der Waals surface area contributed by atoms with Gasteiger partial charge in [0, 0.05) is 0 Å². The van der Waals surface area contributed by atoms with Crippen LogP contribution in [-0.4, -0.2) is 6.66 Å². The van der Waals surface area contributed by atoms with Gasteiger partial charge in [-0.3, -0.25) is 0 Å². The maximum absolute atomic E-state index is 3.83. The van der Waals surface area contributed by atoms with Crippen LogP contribution in [0.15, 0.2) is 133 Å². The van der Waals surface area contributed by atoms with Crippen LogP contribution in [0.3, 0.4) is 0 Å². The summed E-state index contributed by atoms with van der Waals surface area (Å²) in [5.74, 6) is 0. The van der Waals surface area contributed by atoms with Crippen molar-refractivity contribution in [2.45, 2.75) is 33.2 Å². The van der Waals surface area contributed by atoms with Crippen molar-refractivity contribution in [3.8, 4) is 11.1 Å². The standard InChI is InChI=1S/C13H9.C9H7.2C7H7.C2H7Si.Ti/c1-3-7-12-10(5-1)9-11-6-2-4-8-13(11)12;1-2-5-9-7-3-6-8(9)4-1;2*1-7-5-3-2-4-6-7;1-3-2;/h1-5,7-8H,9H2;1-7H;2*2-6H,1H2;3H,1-2H3;. The molecule has 2 heteroatoms. The summed E-state index contributed by atoms with van der Waals surface area (Å²) in [5, 5.41) is 0. The fourth-order valence-electron chi connectivity index (χ4n) is 8.51. The Labute approximate surface area is 241 Å². The summed E-state index contributed by atoms with van der Waals surface area (Å²) in [6, 6.07) is 48.8. The van der Waals surface area contributed by atoms with E-state index in [-0.39, 0.29) is 0 Å². The van der Waals surface area contributed by atoms with Crippen molar-refractivity contribution in [1.82, 2.24) is 0 Å². The van der Waals surface area contributed by atoms with Gasteiger partial charge in [0.05, 0.1) is 0 Å². The number of hydrogen-bond donors (Lipinski definition) is 0. The molecule has 0 radical (unpaired) electrons. The number of allylic oxidation sites excluding steroid dienone is 1. The summed E-state index contributed by atoms with van der Waals surface area (Å²) in [7, 11) is 0. The molecule has 40 heavy (non-hydrogen) atoms. The average Bonchev–Trinajstić information content (AvgIpc) is 3.60. The second-order valence-electron chi connectivity index (χ2n) is 12.5. The third kappa shape index (κ3) is 3.83. The molecule has 0 N–H and O–H groups in total. The van der Waals surface area contributed by atoms with Crippen LogP contribution >= 0.6 is 0 Å². The van der Waals surface area contributed by atoms with Gasteiger partial charge >= 0.3 is 242 Å². The molecule has 0 nitrogen and oxygen atoms in total. The van der Waals surface area contributed by atoms with Gasteiger partial charge in [-0.1, -0.05) is 0 Å². The second-order valence-corrected chi connectivity index (χ2v) is 34.9. The third-order valence-electron chi connectivity index (χ3n) is 10.5. The van der Waals surface area contributed by atoms with Gasteiger partial charge < -0.3 is 0 Å². The maximum atomic E-state index is 2.71. The molecule has 2 aliphatic carbocycles. The van der Waals surface area contributed by atoms with Gasteiger partial charge in [-0.05, 0) is 0 Å². The zero-order valence-corrected chi connectivity index (χ0v) is 26.3. The summed E-state index contributed by atoms with van der Waals surface area (Å²) in [4.78, 5) is 0. The minimum atomic E-state index is -3.83. The summed E-state index contributed by atoms with van der Waals surface area (Å²) >= 11 is -3.83. The van der Waals surface area contributed by atoms with Crippen molar-refractivity contribution in [2.24, 2.45) is 0 Å². The number of rotatable bonds is 7. The number of fused-ring (bicyclic) bond motifs is 4. The van der Waals surface area contributed by atoms with E-state index in [4.69, 9.17) is 0 Å². The van der Waals surface area contributed by atoms with Gasteiger partial charge in [-0.25, -0.2) is 0 Å². The zero-order valence-electron chi connectivity index (χ0n) is 23.6. The van der Waals surface area contributed by atoms with E-state index in [1.165, 1.54) is 42.8 Å². The monoisotopic (exact) mass is 569 g/mol. The molecule has 0 saturated carbocycles. The van der Waals surface area contributed by atoms with Crippen LogP contribution in [-0.2, 0) is 30.4 Å². The first-order valence-corrected chi connectivity index (χ1v) is 24.3. The summed E-state index contributed by atoms with van der Waals surface area (Å²) in [6.45, 7) is 4.09. The Bertz CT molecular complexity index is 1680. The van der Waals surface area contributed by atoms with Gasteiger partial charge in [0.1, 0.15) is 0 Å². The van der Waals surface area contributed by atoms with Crippen molar-refractivity contribution >= 4 is 16.6 Å². The number of hydrogen-bond acceptors (Lipinski definition) is 0. The van der Waals surface area contributed by atoms with E-state index < -0.39 is 21.2 Å². The molecule has 5 aromatic rings. The molecule has 0 aliphatic heterocycles. The average molecular weight is 570 g/mol.